The number of hydrogen-bond acceptors (Lipinski definition) is 6. The van der Waals surface area contributed by atoms with Crippen molar-refractivity contribution >= 4 is 17.6 Å². The highest BCUT2D eigenvalue weighted by Gasteiger charge is 2.09. The van der Waals surface area contributed by atoms with Gasteiger partial charge < -0.3 is 24.6 Å². The van der Waals surface area contributed by atoms with E-state index >= 15 is 0 Å². The number of guanidine groups is 1. The molecule has 0 fully saturated rings. The quantitative estimate of drug-likeness (QED) is 0.370. The molecule has 9 heteroatoms. The SMILES string of the molecule is CN=C(NCCCOCCOC)NCc1nc(-c2ccc(Cl)cc2)no1. The molecule has 26 heavy (non-hydrogen) atoms. The van der Waals surface area contributed by atoms with Gasteiger partial charge in [0.25, 0.3) is 0 Å². The van der Waals surface area contributed by atoms with Gasteiger partial charge in [0.1, 0.15) is 0 Å². The minimum Gasteiger partial charge on any atom is -0.382 e. The first-order valence-electron chi connectivity index (χ1n) is 8.32. The van der Waals surface area contributed by atoms with Crippen LogP contribution >= 0.6 is 11.6 Å². The first-order valence-corrected chi connectivity index (χ1v) is 8.70. The molecular formula is C17H24ClN5O3. The van der Waals surface area contributed by atoms with Crippen molar-refractivity contribution in [1.82, 2.24) is 20.8 Å². The summed E-state index contributed by atoms with van der Waals surface area (Å²) in [6.07, 6.45) is 0.867. The zero-order valence-corrected chi connectivity index (χ0v) is 15.8. The highest BCUT2D eigenvalue weighted by atomic mass is 35.5. The summed E-state index contributed by atoms with van der Waals surface area (Å²) >= 11 is 5.88. The Morgan fingerprint density at radius 3 is 2.73 bits per heavy atom. The molecule has 2 rings (SSSR count). The van der Waals surface area contributed by atoms with Crippen molar-refractivity contribution in [3.05, 3.63) is 35.2 Å². The first-order chi connectivity index (χ1) is 12.7. The molecule has 2 aromatic rings. The number of aliphatic imine (C=N–C) groups is 1. The van der Waals surface area contributed by atoms with E-state index in [0.717, 1.165) is 18.5 Å². The molecule has 0 atom stereocenters. The zero-order valence-electron chi connectivity index (χ0n) is 15.0. The van der Waals surface area contributed by atoms with Crippen LogP contribution in [-0.4, -0.2) is 56.6 Å². The number of halogens is 1. The van der Waals surface area contributed by atoms with Gasteiger partial charge >= 0.3 is 0 Å². The molecule has 0 saturated heterocycles. The van der Waals surface area contributed by atoms with Gasteiger partial charge in [0.2, 0.25) is 11.7 Å². The number of ether oxygens (including phenoxy) is 2. The Morgan fingerprint density at radius 2 is 2.00 bits per heavy atom. The standard InChI is InChI=1S/C17H24ClN5O3/c1-19-17(20-8-3-9-25-11-10-24-2)21-12-15-22-16(23-26-15)13-4-6-14(18)7-5-13/h4-7H,3,8-12H2,1-2H3,(H2,19,20,21). The van der Waals surface area contributed by atoms with Crippen molar-refractivity contribution in [2.45, 2.75) is 13.0 Å². The number of nitrogens with one attached hydrogen (secondary N) is 2. The van der Waals surface area contributed by atoms with Crippen LogP contribution in [0, 0.1) is 0 Å². The third-order valence-corrected chi connectivity index (χ3v) is 3.64. The molecule has 0 aliphatic carbocycles. The number of rotatable bonds is 10. The lowest BCUT2D eigenvalue weighted by molar-refractivity contribution is 0.0698. The Hall–Kier alpha value is -2.16. The molecule has 1 heterocycles. The second kappa shape index (κ2) is 11.5. The third kappa shape index (κ3) is 6.99. The van der Waals surface area contributed by atoms with E-state index in [4.69, 9.17) is 25.6 Å². The Labute approximate surface area is 157 Å². The summed E-state index contributed by atoms with van der Waals surface area (Å²) in [4.78, 5) is 8.51. The van der Waals surface area contributed by atoms with Gasteiger partial charge in [-0.15, -0.1) is 0 Å². The smallest absolute Gasteiger partial charge is 0.246 e. The van der Waals surface area contributed by atoms with Crippen LogP contribution in [0.15, 0.2) is 33.8 Å². The normalized spacial score (nSPS) is 11.6. The van der Waals surface area contributed by atoms with Gasteiger partial charge in [0, 0.05) is 37.9 Å². The van der Waals surface area contributed by atoms with Gasteiger partial charge in [0.05, 0.1) is 19.8 Å². The average molecular weight is 382 g/mol. The van der Waals surface area contributed by atoms with E-state index in [0.29, 0.717) is 49.1 Å². The van der Waals surface area contributed by atoms with E-state index in [9.17, 15) is 0 Å². The van der Waals surface area contributed by atoms with Crippen LogP contribution in [0.3, 0.4) is 0 Å². The molecule has 1 aromatic carbocycles. The monoisotopic (exact) mass is 381 g/mol. The number of hydrogen-bond donors (Lipinski definition) is 2. The van der Waals surface area contributed by atoms with E-state index in [-0.39, 0.29) is 0 Å². The summed E-state index contributed by atoms with van der Waals surface area (Å²) in [6, 6.07) is 7.27. The Kier molecular flexibility index (Phi) is 8.88. The summed E-state index contributed by atoms with van der Waals surface area (Å²) in [7, 11) is 3.36. The van der Waals surface area contributed by atoms with Crippen molar-refractivity contribution < 1.29 is 14.0 Å². The fraction of sp³-hybridized carbons (Fsp3) is 0.471. The van der Waals surface area contributed by atoms with E-state index in [1.165, 1.54) is 0 Å². The zero-order chi connectivity index (χ0) is 18.6. The van der Waals surface area contributed by atoms with Crippen molar-refractivity contribution in [1.29, 1.82) is 0 Å². The molecule has 0 unspecified atom stereocenters. The van der Waals surface area contributed by atoms with Crippen molar-refractivity contribution in [2.24, 2.45) is 4.99 Å². The maximum absolute atomic E-state index is 5.88. The molecule has 0 saturated carbocycles. The van der Waals surface area contributed by atoms with E-state index in [2.05, 4.69) is 25.8 Å². The molecule has 142 valence electrons. The van der Waals surface area contributed by atoms with Gasteiger partial charge in [-0.3, -0.25) is 4.99 Å². The first kappa shape index (κ1) is 20.2. The second-order valence-electron chi connectivity index (χ2n) is 5.33. The highest BCUT2D eigenvalue weighted by molar-refractivity contribution is 6.30. The predicted octanol–water partition coefficient (Wildman–Crippen LogP) is 2.11. The van der Waals surface area contributed by atoms with Gasteiger partial charge in [-0.25, -0.2) is 0 Å². The van der Waals surface area contributed by atoms with Crippen LogP contribution in [0.1, 0.15) is 12.3 Å². The Bertz CT molecular complexity index is 675. The lowest BCUT2D eigenvalue weighted by Crippen LogP contribution is -2.37. The molecule has 8 nitrogen and oxygen atoms in total. The van der Waals surface area contributed by atoms with Crippen molar-refractivity contribution in [3.8, 4) is 11.4 Å². The van der Waals surface area contributed by atoms with Gasteiger partial charge in [0.15, 0.2) is 5.96 Å². The van der Waals surface area contributed by atoms with Crippen LogP contribution in [0.5, 0.6) is 0 Å². The van der Waals surface area contributed by atoms with Crippen molar-refractivity contribution in [2.75, 3.05) is 40.5 Å². The highest BCUT2D eigenvalue weighted by Crippen LogP contribution is 2.18. The summed E-state index contributed by atoms with van der Waals surface area (Å²) in [5.41, 5.74) is 0.848. The van der Waals surface area contributed by atoms with Crippen molar-refractivity contribution in [3.63, 3.8) is 0 Å². The number of nitrogens with zero attached hydrogens (tertiary/aromatic N) is 3. The Balaban J connectivity index is 1.71. The van der Waals surface area contributed by atoms with Gasteiger partial charge in [-0.2, -0.15) is 4.98 Å². The third-order valence-electron chi connectivity index (χ3n) is 3.39. The fourth-order valence-corrected chi connectivity index (χ4v) is 2.17. The molecule has 0 bridgehead atoms. The molecule has 0 aliphatic heterocycles. The molecular weight excluding hydrogens is 358 g/mol. The maximum Gasteiger partial charge on any atom is 0.246 e. The molecule has 0 spiro atoms. The predicted molar refractivity (Wildman–Crippen MR) is 100 cm³/mol. The topological polar surface area (TPSA) is 93.8 Å². The van der Waals surface area contributed by atoms with Crippen LogP contribution < -0.4 is 10.6 Å². The van der Waals surface area contributed by atoms with Crippen LogP contribution in [0.2, 0.25) is 5.02 Å². The second-order valence-corrected chi connectivity index (χ2v) is 5.77. The minimum absolute atomic E-state index is 0.380. The molecule has 0 amide bonds. The summed E-state index contributed by atoms with van der Waals surface area (Å²) < 4.78 is 15.6. The lowest BCUT2D eigenvalue weighted by atomic mass is 10.2. The molecule has 2 N–H and O–H groups in total. The van der Waals surface area contributed by atoms with Gasteiger partial charge in [-0.1, -0.05) is 16.8 Å². The van der Waals surface area contributed by atoms with E-state index in [1.807, 2.05) is 12.1 Å². The summed E-state index contributed by atoms with van der Waals surface area (Å²) in [6.45, 7) is 3.01. The number of aromatic nitrogens is 2. The minimum atomic E-state index is 0.380. The average Bonchev–Trinajstić information content (AvgIpc) is 3.13. The maximum atomic E-state index is 5.88. The molecule has 1 aromatic heterocycles. The van der Waals surface area contributed by atoms with E-state index < -0.39 is 0 Å². The number of benzene rings is 1. The molecule has 0 aliphatic rings. The fourth-order valence-electron chi connectivity index (χ4n) is 2.05. The summed E-state index contributed by atoms with van der Waals surface area (Å²) in [5, 5.41) is 11.0. The van der Waals surface area contributed by atoms with Gasteiger partial charge in [-0.05, 0) is 30.7 Å². The van der Waals surface area contributed by atoms with Crippen LogP contribution in [-0.2, 0) is 16.0 Å². The van der Waals surface area contributed by atoms with Crippen LogP contribution in [0.4, 0.5) is 0 Å². The molecule has 0 radical (unpaired) electrons. The van der Waals surface area contributed by atoms with Crippen LogP contribution in [0.25, 0.3) is 11.4 Å². The van der Waals surface area contributed by atoms with E-state index in [1.54, 1.807) is 26.3 Å². The summed E-state index contributed by atoms with van der Waals surface area (Å²) in [5.74, 6) is 1.66. The lowest BCUT2D eigenvalue weighted by Gasteiger charge is -2.10. The Morgan fingerprint density at radius 1 is 1.19 bits per heavy atom. The number of methoxy groups -OCH3 is 1. The largest absolute Gasteiger partial charge is 0.382 e.